The summed E-state index contributed by atoms with van der Waals surface area (Å²) in [6.07, 6.45) is 0. The van der Waals surface area contributed by atoms with Crippen LogP contribution in [0, 0.1) is 0 Å². The first-order valence-electron chi connectivity index (χ1n) is 7.09. The van der Waals surface area contributed by atoms with Gasteiger partial charge >= 0.3 is 0 Å². The highest BCUT2D eigenvalue weighted by Gasteiger charge is 2.21. The first kappa shape index (κ1) is 19.5. The van der Waals surface area contributed by atoms with Gasteiger partial charge in [-0.3, -0.25) is 9.69 Å². The lowest BCUT2D eigenvalue weighted by Gasteiger charge is -2.34. The zero-order valence-electron chi connectivity index (χ0n) is 12.8. The lowest BCUT2D eigenvalue weighted by Crippen LogP contribution is -2.52. The van der Waals surface area contributed by atoms with Crippen molar-refractivity contribution < 1.29 is 4.79 Å². The number of rotatable bonds is 4. The lowest BCUT2D eigenvalue weighted by molar-refractivity contribution is -0.132. The van der Waals surface area contributed by atoms with Crippen molar-refractivity contribution in [1.29, 1.82) is 0 Å². The zero-order chi connectivity index (χ0) is 15.4. The van der Waals surface area contributed by atoms with Crippen molar-refractivity contribution in [2.75, 3.05) is 33.2 Å². The molecule has 22 heavy (non-hydrogen) atoms. The highest BCUT2D eigenvalue weighted by Crippen LogP contribution is 2.20. The number of benzene rings is 1. The minimum absolute atomic E-state index is 0. The molecule has 1 aliphatic rings. The van der Waals surface area contributed by atoms with E-state index in [0.717, 1.165) is 25.2 Å². The first-order chi connectivity index (χ1) is 9.95. The van der Waals surface area contributed by atoms with Gasteiger partial charge in [-0.25, -0.2) is 0 Å². The van der Waals surface area contributed by atoms with Gasteiger partial charge in [0.1, 0.15) is 0 Å². The third-order valence-electron chi connectivity index (χ3n) is 3.75. The molecule has 124 valence electrons. The Kier molecular flexibility index (Phi) is 7.94. The number of likely N-dealkylation sites (N-methyl/N-ethyl adjacent to an activating group) is 1. The van der Waals surface area contributed by atoms with Crippen LogP contribution >= 0.6 is 35.6 Å². The molecule has 1 saturated heterocycles. The summed E-state index contributed by atoms with van der Waals surface area (Å²) < 4.78 is 0. The Morgan fingerprint density at radius 1 is 1.36 bits per heavy atom. The first-order valence-corrected chi connectivity index (χ1v) is 7.85. The normalized spacial score (nSPS) is 18.6. The van der Waals surface area contributed by atoms with Crippen LogP contribution in [0.5, 0.6) is 0 Å². The molecule has 1 aromatic carbocycles. The minimum atomic E-state index is 0. The van der Waals surface area contributed by atoms with Crippen molar-refractivity contribution in [2.24, 2.45) is 0 Å². The van der Waals surface area contributed by atoms with Crippen LogP contribution in [0.4, 0.5) is 0 Å². The molecule has 1 fully saturated rings. The topological polar surface area (TPSA) is 35.6 Å². The van der Waals surface area contributed by atoms with E-state index < -0.39 is 0 Å². The molecule has 0 radical (unpaired) electrons. The van der Waals surface area contributed by atoms with E-state index in [1.54, 1.807) is 11.0 Å². The third-order valence-corrected chi connectivity index (χ3v) is 4.18. The highest BCUT2D eigenvalue weighted by atomic mass is 35.5. The Labute approximate surface area is 148 Å². The van der Waals surface area contributed by atoms with Crippen LogP contribution in [-0.2, 0) is 11.3 Å². The van der Waals surface area contributed by atoms with Gasteiger partial charge in [0.15, 0.2) is 0 Å². The van der Waals surface area contributed by atoms with E-state index in [4.69, 9.17) is 23.2 Å². The summed E-state index contributed by atoms with van der Waals surface area (Å²) in [5.74, 6) is 0.111. The average molecular weight is 367 g/mol. The average Bonchev–Trinajstić information content (AvgIpc) is 2.40. The number of hydrogen-bond donors (Lipinski definition) is 1. The lowest BCUT2D eigenvalue weighted by atomic mass is 10.2. The summed E-state index contributed by atoms with van der Waals surface area (Å²) in [7, 11) is 1.81. The van der Waals surface area contributed by atoms with Crippen molar-refractivity contribution in [1.82, 2.24) is 15.1 Å². The fraction of sp³-hybridized carbons (Fsp3) is 0.533. The Bertz CT molecular complexity index is 493. The molecule has 1 N–H and O–H groups in total. The number of hydrogen-bond acceptors (Lipinski definition) is 3. The van der Waals surface area contributed by atoms with Crippen molar-refractivity contribution in [3.8, 4) is 0 Å². The molecule has 0 aliphatic carbocycles. The summed E-state index contributed by atoms with van der Waals surface area (Å²) in [5.41, 5.74) is 0.941. The van der Waals surface area contributed by atoms with E-state index in [0.29, 0.717) is 29.2 Å². The summed E-state index contributed by atoms with van der Waals surface area (Å²) in [5, 5.41) is 4.51. The Hall–Kier alpha value is -0.520. The number of halogens is 3. The minimum Gasteiger partial charge on any atom is -0.340 e. The second kappa shape index (κ2) is 8.94. The summed E-state index contributed by atoms with van der Waals surface area (Å²) in [6, 6.07) is 5.75. The molecule has 1 amide bonds. The van der Waals surface area contributed by atoms with E-state index >= 15 is 0 Å². The van der Waals surface area contributed by atoms with Crippen LogP contribution in [0.15, 0.2) is 18.2 Å². The molecule has 0 spiro atoms. The van der Waals surface area contributed by atoms with Crippen molar-refractivity contribution in [3.63, 3.8) is 0 Å². The molecule has 1 heterocycles. The van der Waals surface area contributed by atoms with Crippen molar-refractivity contribution in [2.45, 2.75) is 19.5 Å². The molecule has 1 aliphatic heterocycles. The standard InChI is InChI=1S/C15H21Cl2N3O.ClH/c1-11-8-18-3-4-20(11)10-15(21)19(2)9-12-5-13(16)7-14(17)6-12;/h5-7,11,18H,3-4,8-10H2,1-2H3;1H/t11-;/m0./s1. The fourth-order valence-electron chi connectivity index (χ4n) is 2.48. The van der Waals surface area contributed by atoms with Gasteiger partial charge in [-0.15, -0.1) is 12.4 Å². The largest absolute Gasteiger partial charge is 0.340 e. The monoisotopic (exact) mass is 365 g/mol. The molecule has 7 heteroatoms. The summed E-state index contributed by atoms with van der Waals surface area (Å²) in [6.45, 7) is 5.87. The van der Waals surface area contributed by atoms with Gasteiger partial charge in [0.05, 0.1) is 6.54 Å². The van der Waals surface area contributed by atoms with Crippen molar-refractivity contribution >= 4 is 41.5 Å². The van der Waals surface area contributed by atoms with Crippen LogP contribution in [0.1, 0.15) is 12.5 Å². The van der Waals surface area contributed by atoms with Crippen molar-refractivity contribution in [3.05, 3.63) is 33.8 Å². The smallest absolute Gasteiger partial charge is 0.236 e. The van der Waals surface area contributed by atoms with Crippen LogP contribution < -0.4 is 5.32 Å². The predicted octanol–water partition coefficient (Wildman–Crippen LogP) is 2.67. The molecule has 2 rings (SSSR count). The Morgan fingerprint density at radius 3 is 2.59 bits per heavy atom. The molecular formula is C15H22Cl3N3O. The van der Waals surface area contributed by atoms with E-state index in [1.165, 1.54) is 0 Å². The van der Waals surface area contributed by atoms with Crippen LogP contribution in [0.3, 0.4) is 0 Å². The quantitative estimate of drug-likeness (QED) is 0.890. The number of nitrogens with zero attached hydrogens (tertiary/aromatic N) is 2. The van der Waals surface area contributed by atoms with Gasteiger partial charge < -0.3 is 10.2 Å². The second-order valence-electron chi connectivity index (χ2n) is 5.55. The molecule has 0 unspecified atom stereocenters. The fourth-order valence-corrected chi connectivity index (χ4v) is 3.05. The van der Waals surface area contributed by atoms with Gasteiger partial charge in [0, 0.05) is 49.3 Å². The van der Waals surface area contributed by atoms with E-state index in [9.17, 15) is 4.79 Å². The van der Waals surface area contributed by atoms with E-state index in [2.05, 4.69) is 17.1 Å². The van der Waals surface area contributed by atoms with E-state index in [-0.39, 0.29) is 18.3 Å². The SMILES string of the molecule is C[C@H]1CNCCN1CC(=O)N(C)Cc1cc(Cl)cc(Cl)c1.Cl. The highest BCUT2D eigenvalue weighted by molar-refractivity contribution is 6.34. The van der Waals surface area contributed by atoms with Crippen LogP contribution in [0.25, 0.3) is 0 Å². The molecule has 0 aromatic heterocycles. The van der Waals surface area contributed by atoms with Gasteiger partial charge in [-0.05, 0) is 30.7 Å². The molecule has 4 nitrogen and oxygen atoms in total. The summed E-state index contributed by atoms with van der Waals surface area (Å²) >= 11 is 12.0. The Balaban J connectivity index is 0.00000242. The number of amides is 1. The maximum absolute atomic E-state index is 12.3. The molecule has 1 aromatic rings. The zero-order valence-corrected chi connectivity index (χ0v) is 15.1. The Morgan fingerprint density at radius 2 is 2.00 bits per heavy atom. The third kappa shape index (κ3) is 5.60. The number of carbonyl (C=O) groups excluding carboxylic acids is 1. The van der Waals surface area contributed by atoms with Gasteiger partial charge in [-0.1, -0.05) is 23.2 Å². The molecule has 0 saturated carbocycles. The van der Waals surface area contributed by atoms with Crippen LogP contribution in [0.2, 0.25) is 10.0 Å². The molecule has 1 atom stereocenters. The maximum Gasteiger partial charge on any atom is 0.236 e. The maximum atomic E-state index is 12.3. The molecule has 0 bridgehead atoms. The van der Waals surface area contributed by atoms with Gasteiger partial charge in [0.25, 0.3) is 0 Å². The number of carbonyl (C=O) groups is 1. The van der Waals surface area contributed by atoms with Gasteiger partial charge in [-0.2, -0.15) is 0 Å². The van der Waals surface area contributed by atoms with E-state index in [1.807, 2.05) is 19.2 Å². The predicted molar refractivity (Wildman–Crippen MR) is 94.1 cm³/mol. The second-order valence-corrected chi connectivity index (χ2v) is 6.42. The number of nitrogens with one attached hydrogen (secondary N) is 1. The number of piperazine rings is 1. The van der Waals surface area contributed by atoms with Crippen LogP contribution in [-0.4, -0.2) is 55.0 Å². The molecular weight excluding hydrogens is 345 g/mol. The summed E-state index contributed by atoms with van der Waals surface area (Å²) in [4.78, 5) is 16.3. The van der Waals surface area contributed by atoms with Gasteiger partial charge in [0.2, 0.25) is 5.91 Å².